The average Bonchev–Trinajstić information content (AvgIpc) is 2.71. The second kappa shape index (κ2) is 9.26. The summed E-state index contributed by atoms with van der Waals surface area (Å²) in [6.45, 7) is 9.01. The second-order valence-corrected chi connectivity index (χ2v) is 9.25. The molecule has 2 aromatic rings. The molecule has 1 fully saturated rings. The number of benzene rings is 2. The molecule has 1 atom stereocenters. The van der Waals surface area contributed by atoms with E-state index in [0.717, 1.165) is 29.8 Å². The van der Waals surface area contributed by atoms with Crippen molar-refractivity contribution >= 4 is 10.0 Å². The predicted octanol–water partition coefficient (Wildman–Crippen LogP) is 2.97. The monoisotopic (exact) mass is 418 g/mol. The molecule has 0 unspecified atom stereocenters. The van der Waals surface area contributed by atoms with Gasteiger partial charge >= 0.3 is 0 Å². The molecule has 7 heteroatoms. The van der Waals surface area contributed by atoms with E-state index in [1.807, 2.05) is 20.8 Å². The number of sulfonamides is 1. The van der Waals surface area contributed by atoms with Crippen LogP contribution in [0.25, 0.3) is 0 Å². The summed E-state index contributed by atoms with van der Waals surface area (Å²) in [6.07, 6.45) is 0. The van der Waals surface area contributed by atoms with Crippen molar-refractivity contribution in [1.29, 1.82) is 0 Å². The van der Waals surface area contributed by atoms with Crippen LogP contribution in [-0.2, 0) is 14.8 Å². The molecule has 1 aliphatic heterocycles. The molecule has 1 N–H and O–H groups in total. The first-order chi connectivity index (χ1) is 13.8. The van der Waals surface area contributed by atoms with E-state index in [-0.39, 0.29) is 17.5 Å². The van der Waals surface area contributed by atoms with Gasteiger partial charge in [-0.25, -0.2) is 13.1 Å². The lowest BCUT2D eigenvalue weighted by molar-refractivity contribution is 0.0172. The zero-order valence-electron chi connectivity index (χ0n) is 17.6. The fourth-order valence-corrected chi connectivity index (χ4v) is 4.81. The number of nitrogens with zero attached hydrogens (tertiary/aromatic N) is 1. The van der Waals surface area contributed by atoms with Gasteiger partial charge in [0.2, 0.25) is 10.0 Å². The molecule has 158 valence electrons. The molecule has 29 heavy (non-hydrogen) atoms. The molecular weight excluding hydrogens is 388 g/mol. The third kappa shape index (κ3) is 5.17. The van der Waals surface area contributed by atoms with Crippen LogP contribution in [0.2, 0.25) is 0 Å². The minimum Gasteiger partial charge on any atom is -0.495 e. The van der Waals surface area contributed by atoms with E-state index in [2.05, 4.69) is 33.9 Å². The van der Waals surface area contributed by atoms with Gasteiger partial charge in [0.15, 0.2) is 0 Å². The van der Waals surface area contributed by atoms with Crippen molar-refractivity contribution in [3.05, 3.63) is 58.7 Å². The number of ether oxygens (including phenoxy) is 2. The Kier molecular flexibility index (Phi) is 6.95. The normalized spacial score (nSPS) is 16.6. The minimum absolute atomic E-state index is 0.0631. The molecule has 0 bridgehead atoms. The molecule has 0 aliphatic carbocycles. The quantitative estimate of drug-likeness (QED) is 0.749. The third-order valence-electron chi connectivity index (χ3n) is 5.48. The first-order valence-electron chi connectivity index (χ1n) is 9.85. The third-order valence-corrected chi connectivity index (χ3v) is 6.93. The largest absolute Gasteiger partial charge is 0.495 e. The van der Waals surface area contributed by atoms with Crippen molar-refractivity contribution in [2.24, 2.45) is 0 Å². The van der Waals surface area contributed by atoms with Gasteiger partial charge < -0.3 is 9.47 Å². The maximum absolute atomic E-state index is 13.1. The van der Waals surface area contributed by atoms with Gasteiger partial charge in [-0.05, 0) is 49.6 Å². The summed E-state index contributed by atoms with van der Waals surface area (Å²) in [5, 5.41) is 0. The molecule has 1 saturated heterocycles. The smallest absolute Gasteiger partial charge is 0.244 e. The Morgan fingerprint density at radius 1 is 1.07 bits per heavy atom. The molecular formula is C22H30N2O4S. The zero-order chi connectivity index (χ0) is 21.0. The Labute approximate surface area is 173 Å². The second-order valence-electron chi connectivity index (χ2n) is 7.51. The molecule has 0 saturated carbocycles. The molecule has 0 radical (unpaired) electrons. The van der Waals surface area contributed by atoms with E-state index >= 15 is 0 Å². The Bertz CT molecular complexity index is 936. The van der Waals surface area contributed by atoms with E-state index < -0.39 is 10.0 Å². The predicted molar refractivity (Wildman–Crippen MR) is 114 cm³/mol. The number of hydrogen-bond donors (Lipinski definition) is 1. The van der Waals surface area contributed by atoms with Crippen LogP contribution in [0.3, 0.4) is 0 Å². The Morgan fingerprint density at radius 2 is 1.69 bits per heavy atom. The van der Waals surface area contributed by atoms with Gasteiger partial charge in [0.25, 0.3) is 0 Å². The maximum atomic E-state index is 13.1. The van der Waals surface area contributed by atoms with E-state index in [1.165, 1.54) is 12.7 Å². The lowest BCUT2D eigenvalue weighted by Gasteiger charge is -2.35. The molecule has 0 aromatic heterocycles. The first-order valence-corrected chi connectivity index (χ1v) is 11.3. The maximum Gasteiger partial charge on any atom is 0.244 e. The van der Waals surface area contributed by atoms with Crippen LogP contribution in [0.15, 0.2) is 41.3 Å². The van der Waals surface area contributed by atoms with Gasteiger partial charge in [0, 0.05) is 25.7 Å². The zero-order valence-corrected chi connectivity index (χ0v) is 18.4. The summed E-state index contributed by atoms with van der Waals surface area (Å²) in [5.41, 5.74) is 4.17. The van der Waals surface area contributed by atoms with Gasteiger partial charge in [0.05, 0.1) is 20.3 Å². The van der Waals surface area contributed by atoms with Gasteiger partial charge in [-0.1, -0.05) is 29.8 Å². The highest BCUT2D eigenvalue weighted by atomic mass is 32.2. The number of aryl methyl sites for hydroxylation is 3. The molecule has 1 heterocycles. The van der Waals surface area contributed by atoms with Crippen molar-refractivity contribution in [3.8, 4) is 5.75 Å². The van der Waals surface area contributed by atoms with Crippen LogP contribution in [0.5, 0.6) is 5.75 Å². The van der Waals surface area contributed by atoms with Crippen molar-refractivity contribution in [2.45, 2.75) is 31.7 Å². The molecule has 6 nitrogen and oxygen atoms in total. The minimum atomic E-state index is -3.73. The van der Waals surface area contributed by atoms with Crippen LogP contribution >= 0.6 is 0 Å². The van der Waals surface area contributed by atoms with Gasteiger partial charge in [-0.3, -0.25) is 4.90 Å². The average molecular weight is 419 g/mol. The Balaban J connectivity index is 1.86. The van der Waals surface area contributed by atoms with Crippen molar-refractivity contribution in [3.63, 3.8) is 0 Å². The van der Waals surface area contributed by atoms with Crippen molar-refractivity contribution < 1.29 is 17.9 Å². The highest BCUT2D eigenvalue weighted by molar-refractivity contribution is 7.89. The molecule has 3 rings (SSSR count). The summed E-state index contributed by atoms with van der Waals surface area (Å²) >= 11 is 0. The van der Waals surface area contributed by atoms with Crippen LogP contribution in [0.4, 0.5) is 0 Å². The highest BCUT2D eigenvalue weighted by Gasteiger charge is 2.26. The SMILES string of the molecule is COc1cc(C)c(C)cc1S(=O)(=O)NC[C@H](c1ccc(C)cc1)N1CCOCC1. The van der Waals surface area contributed by atoms with E-state index in [0.29, 0.717) is 19.0 Å². The molecule has 0 amide bonds. The van der Waals surface area contributed by atoms with E-state index in [4.69, 9.17) is 9.47 Å². The summed E-state index contributed by atoms with van der Waals surface area (Å²) in [5.74, 6) is 0.360. The highest BCUT2D eigenvalue weighted by Crippen LogP contribution is 2.28. The van der Waals surface area contributed by atoms with Crippen LogP contribution in [-0.4, -0.2) is 53.3 Å². The Hall–Kier alpha value is -1.93. The van der Waals surface area contributed by atoms with Crippen molar-refractivity contribution in [2.75, 3.05) is 40.0 Å². The summed E-state index contributed by atoms with van der Waals surface area (Å²) in [6, 6.07) is 11.6. The number of nitrogens with one attached hydrogen (secondary N) is 1. The van der Waals surface area contributed by atoms with E-state index in [1.54, 1.807) is 12.1 Å². The van der Waals surface area contributed by atoms with Crippen LogP contribution < -0.4 is 9.46 Å². The van der Waals surface area contributed by atoms with Crippen LogP contribution in [0, 0.1) is 20.8 Å². The fourth-order valence-electron chi connectivity index (χ4n) is 3.53. The number of rotatable bonds is 7. The summed E-state index contributed by atoms with van der Waals surface area (Å²) in [4.78, 5) is 2.45. The Morgan fingerprint density at radius 3 is 2.31 bits per heavy atom. The topological polar surface area (TPSA) is 67.9 Å². The lowest BCUT2D eigenvalue weighted by atomic mass is 10.0. The number of morpholine rings is 1. The van der Waals surface area contributed by atoms with Crippen LogP contribution in [0.1, 0.15) is 28.3 Å². The summed E-state index contributed by atoms with van der Waals surface area (Å²) in [7, 11) is -2.23. The lowest BCUT2D eigenvalue weighted by Crippen LogP contribution is -2.43. The first kappa shape index (κ1) is 21.8. The van der Waals surface area contributed by atoms with Crippen molar-refractivity contribution in [1.82, 2.24) is 9.62 Å². The molecule has 0 spiro atoms. The van der Waals surface area contributed by atoms with Gasteiger partial charge in [-0.15, -0.1) is 0 Å². The molecule has 2 aromatic carbocycles. The van der Waals surface area contributed by atoms with Gasteiger partial charge in [-0.2, -0.15) is 0 Å². The molecule has 1 aliphatic rings. The standard InChI is InChI=1S/C22H30N2O4S/c1-16-5-7-19(8-6-16)20(24-9-11-28-12-10-24)15-23-29(25,26)22-14-18(3)17(2)13-21(22)27-4/h5-8,13-14,20,23H,9-12,15H2,1-4H3/t20-/m1/s1. The van der Waals surface area contributed by atoms with Gasteiger partial charge in [0.1, 0.15) is 10.6 Å². The van der Waals surface area contributed by atoms with E-state index in [9.17, 15) is 8.42 Å². The fraction of sp³-hybridized carbons (Fsp3) is 0.455. The number of methoxy groups -OCH3 is 1. The number of hydrogen-bond acceptors (Lipinski definition) is 5. The summed E-state index contributed by atoms with van der Waals surface area (Å²) < 4.78 is 39.9.